The summed E-state index contributed by atoms with van der Waals surface area (Å²) < 4.78 is 5.16. The molecule has 0 fully saturated rings. The topological polar surface area (TPSA) is 33.3 Å². The van der Waals surface area contributed by atoms with Crippen LogP contribution in [0.15, 0.2) is 42.5 Å². The third-order valence-electron chi connectivity index (χ3n) is 3.39. The minimum atomic E-state index is 0.0897. The van der Waals surface area contributed by atoms with E-state index < -0.39 is 0 Å². The van der Waals surface area contributed by atoms with Crippen LogP contribution in [0.25, 0.3) is 0 Å². The van der Waals surface area contributed by atoms with Crippen LogP contribution >= 0.6 is 23.8 Å². The normalized spacial score (nSPS) is 11.6. The Morgan fingerprint density at radius 2 is 1.86 bits per heavy atom. The van der Waals surface area contributed by atoms with Crippen LogP contribution < -0.4 is 15.4 Å². The van der Waals surface area contributed by atoms with Crippen LogP contribution in [0.3, 0.4) is 0 Å². The Balaban J connectivity index is 1.96. The first kappa shape index (κ1) is 16.6. The van der Waals surface area contributed by atoms with E-state index in [0.717, 1.165) is 27.6 Å². The molecule has 0 amide bonds. The molecule has 3 nitrogen and oxygen atoms in total. The molecule has 0 heterocycles. The second-order valence-corrected chi connectivity index (χ2v) is 5.87. The Labute approximate surface area is 141 Å². The van der Waals surface area contributed by atoms with Crippen molar-refractivity contribution in [1.82, 2.24) is 5.32 Å². The molecule has 0 spiro atoms. The van der Waals surface area contributed by atoms with Gasteiger partial charge in [0.15, 0.2) is 5.11 Å². The van der Waals surface area contributed by atoms with Gasteiger partial charge in [0.25, 0.3) is 0 Å². The minimum Gasteiger partial charge on any atom is -0.497 e. The van der Waals surface area contributed by atoms with Crippen LogP contribution in [0.4, 0.5) is 5.69 Å². The van der Waals surface area contributed by atoms with Crippen molar-refractivity contribution < 1.29 is 4.74 Å². The lowest BCUT2D eigenvalue weighted by atomic mass is 10.1. The molecular formula is C17H19ClN2OS. The van der Waals surface area contributed by atoms with Gasteiger partial charge in [0, 0.05) is 10.7 Å². The number of thiocarbonyl (C=S) groups is 1. The van der Waals surface area contributed by atoms with Crippen LogP contribution in [0.1, 0.15) is 24.1 Å². The summed E-state index contributed by atoms with van der Waals surface area (Å²) in [5.41, 5.74) is 3.04. The van der Waals surface area contributed by atoms with Gasteiger partial charge in [-0.2, -0.15) is 0 Å². The van der Waals surface area contributed by atoms with Gasteiger partial charge in [0.1, 0.15) is 5.75 Å². The molecular weight excluding hydrogens is 316 g/mol. The quantitative estimate of drug-likeness (QED) is 0.794. The SMILES string of the molecule is COc1ccc(C(C)NC(=S)Nc2ccc(C)c(Cl)c2)cc1. The standard InChI is InChI=1S/C17H19ClN2OS/c1-11-4-7-14(10-16(11)18)20-17(22)19-12(2)13-5-8-15(21-3)9-6-13/h4-10,12H,1-3H3,(H2,19,20,22). The van der Waals surface area contributed by atoms with Gasteiger partial charge in [-0.1, -0.05) is 29.8 Å². The number of halogens is 1. The number of benzene rings is 2. The molecule has 1 unspecified atom stereocenters. The number of anilines is 1. The van der Waals surface area contributed by atoms with E-state index in [9.17, 15) is 0 Å². The fourth-order valence-electron chi connectivity index (χ4n) is 2.01. The number of aryl methyl sites for hydroxylation is 1. The maximum absolute atomic E-state index is 6.11. The van der Waals surface area contributed by atoms with E-state index in [1.54, 1.807) is 7.11 Å². The molecule has 22 heavy (non-hydrogen) atoms. The highest BCUT2D eigenvalue weighted by molar-refractivity contribution is 7.80. The Hall–Kier alpha value is -1.78. The van der Waals surface area contributed by atoms with E-state index in [1.807, 2.05) is 49.4 Å². The number of methoxy groups -OCH3 is 1. The van der Waals surface area contributed by atoms with E-state index >= 15 is 0 Å². The molecule has 2 aromatic carbocycles. The van der Waals surface area contributed by atoms with Crippen molar-refractivity contribution in [3.63, 3.8) is 0 Å². The highest BCUT2D eigenvalue weighted by atomic mass is 35.5. The molecule has 0 saturated carbocycles. The molecule has 0 aliphatic rings. The fraction of sp³-hybridized carbons (Fsp3) is 0.235. The van der Waals surface area contributed by atoms with Crippen LogP contribution in [0, 0.1) is 6.92 Å². The van der Waals surface area contributed by atoms with Crippen molar-refractivity contribution in [3.05, 3.63) is 58.6 Å². The van der Waals surface area contributed by atoms with Gasteiger partial charge in [-0.15, -0.1) is 0 Å². The van der Waals surface area contributed by atoms with Gasteiger partial charge < -0.3 is 15.4 Å². The summed E-state index contributed by atoms with van der Waals surface area (Å²) in [5.74, 6) is 0.839. The fourth-order valence-corrected chi connectivity index (χ4v) is 2.49. The zero-order chi connectivity index (χ0) is 16.1. The van der Waals surface area contributed by atoms with Gasteiger partial charge in [-0.05, 0) is 61.5 Å². The third-order valence-corrected chi connectivity index (χ3v) is 4.02. The average molecular weight is 335 g/mol. The first-order valence-corrected chi connectivity index (χ1v) is 7.76. The molecule has 0 bridgehead atoms. The smallest absolute Gasteiger partial charge is 0.171 e. The van der Waals surface area contributed by atoms with Gasteiger partial charge in [0.2, 0.25) is 0 Å². The summed E-state index contributed by atoms with van der Waals surface area (Å²) in [7, 11) is 1.66. The van der Waals surface area contributed by atoms with Crippen molar-refractivity contribution >= 4 is 34.6 Å². The van der Waals surface area contributed by atoms with Crippen molar-refractivity contribution in [1.29, 1.82) is 0 Å². The zero-order valence-corrected chi connectivity index (χ0v) is 14.4. The lowest BCUT2D eigenvalue weighted by Gasteiger charge is -2.18. The van der Waals surface area contributed by atoms with Crippen molar-refractivity contribution in [2.24, 2.45) is 0 Å². The number of rotatable bonds is 4. The average Bonchev–Trinajstić information content (AvgIpc) is 2.51. The molecule has 2 aromatic rings. The lowest BCUT2D eigenvalue weighted by Crippen LogP contribution is -2.30. The monoisotopic (exact) mass is 334 g/mol. The van der Waals surface area contributed by atoms with E-state index in [-0.39, 0.29) is 6.04 Å². The molecule has 5 heteroatoms. The zero-order valence-electron chi connectivity index (χ0n) is 12.8. The van der Waals surface area contributed by atoms with E-state index in [1.165, 1.54) is 0 Å². The molecule has 0 aromatic heterocycles. The molecule has 2 rings (SSSR count). The van der Waals surface area contributed by atoms with E-state index in [2.05, 4.69) is 17.6 Å². The maximum Gasteiger partial charge on any atom is 0.171 e. The van der Waals surface area contributed by atoms with E-state index in [4.69, 9.17) is 28.6 Å². The predicted octanol–water partition coefficient (Wildman–Crippen LogP) is 4.70. The molecule has 0 saturated heterocycles. The first-order valence-electron chi connectivity index (χ1n) is 6.97. The second-order valence-electron chi connectivity index (χ2n) is 5.06. The number of hydrogen-bond donors (Lipinski definition) is 2. The van der Waals surface area contributed by atoms with Crippen LogP contribution in [-0.4, -0.2) is 12.2 Å². The summed E-state index contributed by atoms with van der Waals surface area (Å²) >= 11 is 11.5. The molecule has 116 valence electrons. The van der Waals surface area contributed by atoms with Crippen LogP contribution in [-0.2, 0) is 0 Å². The number of nitrogens with one attached hydrogen (secondary N) is 2. The van der Waals surface area contributed by atoms with Crippen molar-refractivity contribution in [3.8, 4) is 5.75 Å². The van der Waals surface area contributed by atoms with Gasteiger partial charge in [-0.25, -0.2) is 0 Å². The maximum atomic E-state index is 6.11. The highest BCUT2D eigenvalue weighted by Crippen LogP contribution is 2.21. The Bertz CT molecular complexity index is 658. The number of ether oxygens (including phenoxy) is 1. The molecule has 1 atom stereocenters. The summed E-state index contributed by atoms with van der Waals surface area (Å²) in [5, 5.41) is 7.67. The number of hydrogen-bond acceptors (Lipinski definition) is 2. The Kier molecular flexibility index (Phi) is 5.63. The Morgan fingerprint density at radius 1 is 1.18 bits per heavy atom. The van der Waals surface area contributed by atoms with Crippen LogP contribution in [0.2, 0.25) is 5.02 Å². The van der Waals surface area contributed by atoms with Gasteiger partial charge in [-0.3, -0.25) is 0 Å². The summed E-state index contributed by atoms with van der Waals surface area (Å²) in [6.45, 7) is 4.02. The summed E-state index contributed by atoms with van der Waals surface area (Å²) in [6.07, 6.45) is 0. The Morgan fingerprint density at radius 3 is 2.45 bits per heavy atom. The van der Waals surface area contributed by atoms with E-state index in [0.29, 0.717) is 5.11 Å². The lowest BCUT2D eigenvalue weighted by molar-refractivity contribution is 0.414. The molecule has 0 aliphatic heterocycles. The minimum absolute atomic E-state index is 0.0897. The highest BCUT2D eigenvalue weighted by Gasteiger charge is 2.08. The largest absolute Gasteiger partial charge is 0.497 e. The first-order chi connectivity index (χ1) is 10.5. The molecule has 2 N–H and O–H groups in total. The van der Waals surface area contributed by atoms with Gasteiger partial charge >= 0.3 is 0 Å². The van der Waals surface area contributed by atoms with Crippen molar-refractivity contribution in [2.45, 2.75) is 19.9 Å². The summed E-state index contributed by atoms with van der Waals surface area (Å²) in [6, 6.07) is 13.8. The second kappa shape index (κ2) is 7.47. The van der Waals surface area contributed by atoms with Crippen molar-refractivity contribution in [2.75, 3.05) is 12.4 Å². The van der Waals surface area contributed by atoms with Gasteiger partial charge in [0.05, 0.1) is 13.2 Å². The molecule has 0 aliphatic carbocycles. The predicted molar refractivity (Wildman–Crippen MR) is 97.0 cm³/mol. The third kappa shape index (κ3) is 4.36. The summed E-state index contributed by atoms with van der Waals surface area (Å²) in [4.78, 5) is 0. The van der Waals surface area contributed by atoms with Crippen LogP contribution in [0.5, 0.6) is 5.75 Å². The molecule has 0 radical (unpaired) electrons.